The molecular formula is C12H14F3NO2. The van der Waals surface area contributed by atoms with E-state index in [0.29, 0.717) is 5.56 Å². The van der Waals surface area contributed by atoms with Gasteiger partial charge in [-0.2, -0.15) is 13.2 Å². The molecule has 0 spiro atoms. The zero-order valence-electron chi connectivity index (χ0n) is 10.3. The van der Waals surface area contributed by atoms with Crippen LogP contribution in [0.1, 0.15) is 18.1 Å². The van der Waals surface area contributed by atoms with Gasteiger partial charge in [-0.1, -0.05) is 6.07 Å². The van der Waals surface area contributed by atoms with Crippen LogP contribution in [0.3, 0.4) is 0 Å². The molecule has 1 N–H and O–H groups in total. The Kier molecular flexibility index (Phi) is 4.34. The lowest BCUT2D eigenvalue weighted by Gasteiger charge is -2.14. The van der Waals surface area contributed by atoms with E-state index in [1.807, 2.05) is 0 Å². The zero-order chi connectivity index (χ0) is 13.9. The number of anilines is 1. The molecule has 1 atom stereocenters. The number of nitrogens with one attached hydrogen (secondary N) is 1. The van der Waals surface area contributed by atoms with E-state index in [-0.39, 0.29) is 5.69 Å². The summed E-state index contributed by atoms with van der Waals surface area (Å²) in [7, 11) is 1.35. The van der Waals surface area contributed by atoms with Crippen LogP contribution in [0.5, 0.6) is 0 Å². The SMILES string of the molecule is COC(C)C(=O)Nc1cc(C(F)(F)F)ccc1C. The van der Waals surface area contributed by atoms with Crippen LogP contribution in [-0.2, 0) is 15.7 Å². The summed E-state index contributed by atoms with van der Waals surface area (Å²) in [6.07, 6.45) is -5.15. The predicted octanol–water partition coefficient (Wildman–Crippen LogP) is 2.99. The van der Waals surface area contributed by atoms with Gasteiger partial charge in [-0.05, 0) is 31.5 Å². The van der Waals surface area contributed by atoms with Crippen molar-refractivity contribution in [3.63, 3.8) is 0 Å². The molecule has 0 radical (unpaired) electrons. The molecule has 0 aliphatic carbocycles. The molecule has 1 aromatic rings. The Balaban J connectivity index is 2.99. The smallest absolute Gasteiger partial charge is 0.372 e. The minimum atomic E-state index is -4.43. The Morgan fingerprint density at radius 1 is 1.39 bits per heavy atom. The first-order valence-corrected chi connectivity index (χ1v) is 5.27. The minimum Gasteiger partial charge on any atom is -0.372 e. The second-order valence-corrected chi connectivity index (χ2v) is 3.89. The lowest BCUT2D eigenvalue weighted by molar-refractivity contribution is -0.137. The maximum absolute atomic E-state index is 12.5. The first-order chi connectivity index (χ1) is 8.25. The van der Waals surface area contributed by atoms with Gasteiger partial charge in [0, 0.05) is 12.8 Å². The van der Waals surface area contributed by atoms with Crippen molar-refractivity contribution in [3.8, 4) is 0 Å². The number of methoxy groups -OCH3 is 1. The van der Waals surface area contributed by atoms with Crippen LogP contribution < -0.4 is 5.32 Å². The number of ether oxygens (including phenoxy) is 1. The molecule has 0 aliphatic rings. The molecule has 1 unspecified atom stereocenters. The maximum atomic E-state index is 12.5. The van der Waals surface area contributed by atoms with Crippen molar-refractivity contribution in [1.29, 1.82) is 0 Å². The summed E-state index contributed by atoms with van der Waals surface area (Å²) in [5.41, 5.74) is -0.105. The van der Waals surface area contributed by atoms with Crippen LogP contribution in [-0.4, -0.2) is 19.1 Å². The third-order valence-corrected chi connectivity index (χ3v) is 2.55. The highest BCUT2D eigenvalue weighted by Crippen LogP contribution is 2.32. The fourth-order valence-corrected chi connectivity index (χ4v) is 1.27. The van der Waals surface area contributed by atoms with Crippen molar-refractivity contribution in [3.05, 3.63) is 29.3 Å². The Bertz CT molecular complexity index is 443. The van der Waals surface area contributed by atoms with Crippen LogP contribution in [0.4, 0.5) is 18.9 Å². The van der Waals surface area contributed by atoms with Crippen LogP contribution in [0.25, 0.3) is 0 Å². The Morgan fingerprint density at radius 2 is 2.00 bits per heavy atom. The first-order valence-electron chi connectivity index (χ1n) is 5.27. The number of benzene rings is 1. The molecule has 0 heterocycles. The quantitative estimate of drug-likeness (QED) is 0.908. The Morgan fingerprint density at radius 3 is 2.50 bits per heavy atom. The third kappa shape index (κ3) is 3.46. The van der Waals surface area contributed by atoms with Crippen LogP contribution >= 0.6 is 0 Å². The minimum absolute atomic E-state index is 0.138. The van der Waals surface area contributed by atoms with Gasteiger partial charge in [-0.15, -0.1) is 0 Å². The fraction of sp³-hybridized carbons (Fsp3) is 0.417. The van der Waals surface area contributed by atoms with Gasteiger partial charge in [0.25, 0.3) is 5.91 Å². The van der Waals surface area contributed by atoms with Crippen molar-refractivity contribution >= 4 is 11.6 Å². The normalized spacial score (nSPS) is 13.2. The van der Waals surface area contributed by atoms with Gasteiger partial charge >= 0.3 is 6.18 Å². The number of carbonyl (C=O) groups is 1. The number of halogens is 3. The predicted molar refractivity (Wildman–Crippen MR) is 61.3 cm³/mol. The van der Waals surface area contributed by atoms with Crippen LogP contribution in [0.15, 0.2) is 18.2 Å². The molecule has 1 amide bonds. The van der Waals surface area contributed by atoms with Crippen LogP contribution in [0.2, 0.25) is 0 Å². The highest BCUT2D eigenvalue weighted by molar-refractivity contribution is 5.94. The third-order valence-electron chi connectivity index (χ3n) is 2.55. The van der Waals surface area contributed by atoms with Gasteiger partial charge in [0.05, 0.1) is 5.56 Å². The molecule has 0 saturated carbocycles. The lowest BCUT2D eigenvalue weighted by atomic mass is 10.1. The highest BCUT2D eigenvalue weighted by Gasteiger charge is 2.31. The number of alkyl halides is 3. The van der Waals surface area contributed by atoms with Crippen molar-refractivity contribution in [2.24, 2.45) is 0 Å². The van der Waals surface area contributed by atoms with Crippen molar-refractivity contribution in [2.75, 3.05) is 12.4 Å². The van der Waals surface area contributed by atoms with Gasteiger partial charge in [0.2, 0.25) is 0 Å². The van der Waals surface area contributed by atoms with E-state index in [1.165, 1.54) is 20.1 Å². The largest absolute Gasteiger partial charge is 0.416 e. The van der Waals surface area contributed by atoms with Crippen LogP contribution in [0, 0.1) is 6.92 Å². The van der Waals surface area contributed by atoms with Crippen molar-refractivity contribution < 1.29 is 22.7 Å². The molecule has 3 nitrogen and oxygen atoms in total. The average molecular weight is 261 g/mol. The van der Waals surface area contributed by atoms with E-state index in [1.54, 1.807) is 6.92 Å². The standard InChI is InChI=1S/C12H14F3NO2/c1-7-4-5-9(12(13,14)15)6-10(7)16-11(17)8(2)18-3/h4-6,8H,1-3H3,(H,16,17). The maximum Gasteiger partial charge on any atom is 0.416 e. The molecule has 0 bridgehead atoms. The van der Waals surface area contributed by atoms with E-state index < -0.39 is 23.8 Å². The number of rotatable bonds is 3. The molecule has 0 aliphatic heterocycles. The second-order valence-electron chi connectivity index (χ2n) is 3.89. The lowest BCUT2D eigenvalue weighted by Crippen LogP contribution is -2.27. The second kappa shape index (κ2) is 5.39. The van der Waals surface area contributed by atoms with E-state index >= 15 is 0 Å². The van der Waals surface area contributed by atoms with E-state index in [2.05, 4.69) is 5.32 Å². The molecule has 18 heavy (non-hydrogen) atoms. The molecule has 0 saturated heterocycles. The molecule has 0 fully saturated rings. The number of amides is 1. The molecule has 0 aromatic heterocycles. The van der Waals surface area contributed by atoms with Gasteiger partial charge in [0.1, 0.15) is 6.10 Å². The number of hydrogen-bond acceptors (Lipinski definition) is 2. The summed E-state index contributed by atoms with van der Waals surface area (Å²) in [5, 5.41) is 2.41. The number of carbonyl (C=O) groups excluding carboxylic acids is 1. The molecule has 100 valence electrons. The highest BCUT2D eigenvalue weighted by atomic mass is 19.4. The molecule has 1 rings (SSSR count). The van der Waals surface area contributed by atoms with E-state index in [0.717, 1.165) is 12.1 Å². The summed E-state index contributed by atoms with van der Waals surface area (Å²) in [6, 6.07) is 3.20. The van der Waals surface area contributed by atoms with Gasteiger partial charge in [-0.25, -0.2) is 0 Å². The van der Waals surface area contributed by atoms with Gasteiger partial charge in [-0.3, -0.25) is 4.79 Å². The summed E-state index contributed by atoms with van der Waals surface area (Å²) in [4.78, 5) is 11.5. The van der Waals surface area contributed by atoms with Gasteiger partial charge < -0.3 is 10.1 Å². The number of aryl methyl sites for hydroxylation is 1. The van der Waals surface area contributed by atoms with E-state index in [9.17, 15) is 18.0 Å². The number of hydrogen-bond donors (Lipinski definition) is 1. The molecule has 1 aromatic carbocycles. The van der Waals surface area contributed by atoms with Crippen molar-refractivity contribution in [1.82, 2.24) is 0 Å². The van der Waals surface area contributed by atoms with Crippen molar-refractivity contribution in [2.45, 2.75) is 26.1 Å². The first kappa shape index (κ1) is 14.5. The van der Waals surface area contributed by atoms with E-state index in [4.69, 9.17) is 4.74 Å². The van der Waals surface area contributed by atoms with Gasteiger partial charge in [0.15, 0.2) is 0 Å². The summed E-state index contributed by atoms with van der Waals surface area (Å²) in [5.74, 6) is -0.486. The molecule has 6 heteroatoms. The zero-order valence-corrected chi connectivity index (χ0v) is 10.3. The Labute approximate surface area is 103 Å². The topological polar surface area (TPSA) is 38.3 Å². The summed E-state index contributed by atoms with van der Waals surface area (Å²) in [6.45, 7) is 3.13. The monoisotopic (exact) mass is 261 g/mol. The Hall–Kier alpha value is -1.56. The fourth-order valence-electron chi connectivity index (χ4n) is 1.27. The molecular weight excluding hydrogens is 247 g/mol. The summed E-state index contributed by atoms with van der Waals surface area (Å²) < 4.78 is 42.4. The summed E-state index contributed by atoms with van der Waals surface area (Å²) >= 11 is 0. The average Bonchev–Trinajstić information content (AvgIpc) is 2.29.